The predicted octanol–water partition coefficient (Wildman–Crippen LogP) is 3.37. The molecule has 21 heavy (non-hydrogen) atoms. The Balaban J connectivity index is 1.98. The van der Waals surface area contributed by atoms with E-state index in [-0.39, 0.29) is 6.54 Å². The van der Waals surface area contributed by atoms with E-state index in [0.717, 1.165) is 9.13 Å². The van der Waals surface area contributed by atoms with Gasteiger partial charge in [-0.1, -0.05) is 17.3 Å². The van der Waals surface area contributed by atoms with Crippen LogP contribution in [0.25, 0.3) is 11.4 Å². The number of alkyl carbamates (subject to hydrolysis) is 1. The summed E-state index contributed by atoms with van der Waals surface area (Å²) in [5.74, 6) is 0.830. The molecule has 0 aliphatic heterocycles. The van der Waals surface area contributed by atoms with Gasteiger partial charge in [-0.3, -0.25) is 0 Å². The molecule has 0 unspecified atom stereocenters. The Morgan fingerprint density at radius 2 is 2.10 bits per heavy atom. The van der Waals surface area contributed by atoms with Crippen LogP contribution in [0.2, 0.25) is 0 Å². The minimum absolute atomic E-state index is 0.130. The van der Waals surface area contributed by atoms with Gasteiger partial charge in [-0.2, -0.15) is 4.98 Å². The van der Waals surface area contributed by atoms with Crippen molar-refractivity contribution in [1.29, 1.82) is 0 Å². The normalized spacial score (nSPS) is 11.2. The molecule has 0 radical (unpaired) electrons. The van der Waals surface area contributed by atoms with Crippen molar-refractivity contribution >= 4 is 28.7 Å². The summed E-state index contributed by atoms with van der Waals surface area (Å²) in [6, 6.07) is 7.73. The third-order valence-corrected chi connectivity index (χ3v) is 3.31. The van der Waals surface area contributed by atoms with Crippen LogP contribution in [0.15, 0.2) is 28.8 Å². The smallest absolute Gasteiger partial charge is 0.408 e. The molecule has 0 fully saturated rings. The Morgan fingerprint density at radius 3 is 2.76 bits per heavy atom. The molecular weight excluding hydrogens is 385 g/mol. The highest BCUT2D eigenvalue weighted by Crippen LogP contribution is 2.22. The van der Waals surface area contributed by atoms with Gasteiger partial charge in [0, 0.05) is 9.13 Å². The third kappa shape index (κ3) is 4.69. The standard InChI is InChI=1S/C14H16IN3O3/c1-14(2,3)20-13(19)16-8-11-17-12(18-21-11)9-6-4-5-7-10(9)15/h4-7H,8H2,1-3H3,(H,16,19). The number of ether oxygens (including phenoxy) is 1. The van der Waals surface area contributed by atoms with Crippen LogP contribution < -0.4 is 5.32 Å². The Hall–Kier alpha value is -1.64. The molecule has 1 aromatic heterocycles. The highest BCUT2D eigenvalue weighted by Gasteiger charge is 2.17. The van der Waals surface area contributed by atoms with Gasteiger partial charge in [0.05, 0.1) is 0 Å². The Bertz CT molecular complexity index is 634. The van der Waals surface area contributed by atoms with Gasteiger partial charge in [0.1, 0.15) is 12.1 Å². The topological polar surface area (TPSA) is 77.2 Å². The number of nitrogens with zero attached hydrogens (tertiary/aromatic N) is 2. The molecule has 0 saturated carbocycles. The molecule has 7 heteroatoms. The van der Waals surface area contributed by atoms with Gasteiger partial charge in [-0.25, -0.2) is 4.79 Å². The molecule has 0 saturated heterocycles. The fourth-order valence-corrected chi connectivity index (χ4v) is 2.17. The summed E-state index contributed by atoms with van der Waals surface area (Å²) in [4.78, 5) is 15.8. The average molecular weight is 401 g/mol. The maximum Gasteiger partial charge on any atom is 0.408 e. The molecule has 112 valence electrons. The average Bonchev–Trinajstić information content (AvgIpc) is 2.83. The van der Waals surface area contributed by atoms with Crippen molar-refractivity contribution in [2.45, 2.75) is 32.9 Å². The number of aromatic nitrogens is 2. The van der Waals surface area contributed by atoms with E-state index in [4.69, 9.17) is 9.26 Å². The van der Waals surface area contributed by atoms with Gasteiger partial charge in [0.2, 0.25) is 11.7 Å². The molecule has 2 aromatic rings. The summed E-state index contributed by atoms with van der Waals surface area (Å²) in [6.07, 6.45) is -0.517. The molecule has 1 aromatic carbocycles. The first-order chi connectivity index (χ1) is 9.85. The molecule has 2 rings (SSSR count). The van der Waals surface area contributed by atoms with Crippen molar-refractivity contribution < 1.29 is 14.1 Å². The largest absolute Gasteiger partial charge is 0.444 e. The molecule has 1 amide bonds. The Morgan fingerprint density at radius 1 is 1.38 bits per heavy atom. The monoisotopic (exact) mass is 401 g/mol. The van der Waals surface area contributed by atoms with E-state index >= 15 is 0 Å². The summed E-state index contributed by atoms with van der Waals surface area (Å²) in [6.45, 7) is 5.53. The van der Waals surface area contributed by atoms with Crippen molar-refractivity contribution in [1.82, 2.24) is 15.5 Å². The van der Waals surface area contributed by atoms with E-state index in [9.17, 15) is 4.79 Å². The van der Waals surface area contributed by atoms with E-state index in [2.05, 4.69) is 38.0 Å². The number of carbonyl (C=O) groups is 1. The minimum atomic E-state index is -0.537. The van der Waals surface area contributed by atoms with Crippen LogP contribution in [0.4, 0.5) is 4.79 Å². The summed E-state index contributed by atoms with van der Waals surface area (Å²) < 4.78 is 11.3. The number of hydrogen-bond acceptors (Lipinski definition) is 5. The fraction of sp³-hybridized carbons (Fsp3) is 0.357. The lowest BCUT2D eigenvalue weighted by Gasteiger charge is -2.19. The van der Waals surface area contributed by atoms with Crippen molar-refractivity contribution in [3.05, 3.63) is 33.7 Å². The van der Waals surface area contributed by atoms with Crippen LogP contribution in [0, 0.1) is 3.57 Å². The van der Waals surface area contributed by atoms with Crippen LogP contribution in [-0.2, 0) is 11.3 Å². The van der Waals surface area contributed by atoms with Gasteiger partial charge in [0.25, 0.3) is 0 Å². The molecule has 0 atom stereocenters. The van der Waals surface area contributed by atoms with Crippen LogP contribution in [0.1, 0.15) is 26.7 Å². The molecule has 0 bridgehead atoms. The number of benzene rings is 1. The van der Waals surface area contributed by atoms with Crippen LogP contribution in [-0.4, -0.2) is 21.8 Å². The van der Waals surface area contributed by atoms with Crippen molar-refractivity contribution in [3.8, 4) is 11.4 Å². The van der Waals surface area contributed by atoms with Crippen molar-refractivity contribution in [2.75, 3.05) is 0 Å². The third-order valence-electron chi connectivity index (χ3n) is 2.37. The fourth-order valence-electron chi connectivity index (χ4n) is 1.54. The summed E-state index contributed by atoms with van der Waals surface area (Å²) in [5, 5.41) is 6.49. The number of nitrogens with one attached hydrogen (secondary N) is 1. The van der Waals surface area contributed by atoms with Crippen LogP contribution >= 0.6 is 22.6 Å². The van der Waals surface area contributed by atoms with E-state index in [0.29, 0.717) is 11.7 Å². The molecular formula is C14H16IN3O3. The van der Waals surface area contributed by atoms with Crippen molar-refractivity contribution in [2.24, 2.45) is 0 Å². The number of amides is 1. The highest BCUT2D eigenvalue weighted by atomic mass is 127. The quantitative estimate of drug-likeness (QED) is 0.799. The summed E-state index contributed by atoms with van der Waals surface area (Å²) in [5.41, 5.74) is 0.356. The number of rotatable bonds is 3. The van der Waals surface area contributed by atoms with Gasteiger partial charge < -0.3 is 14.6 Å². The first kappa shape index (κ1) is 15.7. The lowest BCUT2D eigenvalue weighted by molar-refractivity contribution is 0.0518. The zero-order chi connectivity index (χ0) is 15.5. The Labute approximate surface area is 136 Å². The molecule has 0 aliphatic carbocycles. The number of hydrogen-bond donors (Lipinski definition) is 1. The molecule has 6 nitrogen and oxygen atoms in total. The second kappa shape index (κ2) is 6.42. The zero-order valence-corrected chi connectivity index (χ0v) is 14.2. The van der Waals surface area contributed by atoms with E-state index in [1.807, 2.05) is 24.3 Å². The lowest BCUT2D eigenvalue weighted by atomic mass is 10.2. The maximum absolute atomic E-state index is 11.5. The molecule has 0 aliphatic rings. The van der Waals surface area contributed by atoms with E-state index < -0.39 is 11.7 Å². The zero-order valence-electron chi connectivity index (χ0n) is 12.0. The second-order valence-electron chi connectivity index (χ2n) is 5.35. The minimum Gasteiger partial charge on any atom is -0.444 e. The lowest BCUT2D eigenvalue weighted by Crippen LogP contribution is -2.32. The van der Waals surface area contributed by atoms with Crippen LogP contribution in [0.3, 0.4) is 0 Å². The van der Waals surface area contributed by atoms with Gasteiger partial charge in [-0.15, -0.1) is 0 Å². The van der Waals surface area contributed by atoms with Gasteiger partial charge in [0.15, 0.2) is 0 Å². The first-order valence-corrected chi connectivity index (χ1v) is 7.47. The van der Waals surface area contributed by atoms with E-state index in [1.54, 1.807) is 20.8 Å². The molecule has 1 N–H and O–H groups in total. The first-order valence-electron chi connectivity index (χ1n) is 6.39. The maximum atomic E-state index is 11.5. The predicted molar refractivity (Wildman–Crippen MR) is 85.5 cm³/mol. The summed E-state index contributed by atoms with van der Waals surface area (Å²) in [7, 11) is 0. The second-order valence-corrected chi connectivity index (χ2v) is 6.51. The van der Waals surface area contributed by atoms with Crippen molar-refractivity contribution in [3.63, 3.8) is 0 Å². The number of carbonyl (C=O) groups excluding carboxylic acids is 1. The molecule has 1 heterocycles. The van der Waals surface area contributed by atoms with E-state index in [1.165, 1.54) is 0 Å². The molecule has 0 spiro atoms. The highest BCUT2D eigenvalue weighted by molar-refractivity contribution is 14.1. The van der Waals surface area contributed by atoms with Gasteiger partial charge >= 0.3 is 6.09 Å². The number of halogens is 1. The van der Waals surface area contributed by atoms with Crippen LogP contribution in [0.5, 0.6) is 0 Å². The summed E-state index contributed by atoms with van der Waals surface area (Å²) >= 11 is 2.21. The SMILES string of the molecule is CC(C)(C)OC(=O)NCc1nc(-c2ccccc2I)no1. The van der Waals surface area contributed by atoms with Gasteiger partial charge in [-0.05, 0) is 55.5 Å². The Kier molecular flexibility index (Phi) is 4.81.